The minimum atomic E-state index is -0.500. The van der Waals surface area contributed by atoms with Crippen molar-refractivity contribution in [3.8, 4) is 5.75 Å². The molecule has 1 unspecified atom stereocenters. The van der Waals surface area contributed by atoms with E-state index in [1.807, 2.05) is 79.7 Å². The molecule has 0 radical (unpaired) electrons. The van der Waals surface area contributed by atoms with E-state index in [9.17, 15) is 9.59 Å². The van der Waals surface area contributed by atoms with Gasteiger partial charge in [0.1, 0.15) is 11.0 Å². The minimum absolute atomic E-state index is 0.159. The summed E-state index contributed by atoms with van der Waals surface area (Å²) in [5.74, 6) is 0.204. The SMILES string of the molecule is COc1ccc(NC(=O)C(Sc2ccc(NC(=O)c3ccccc3C)cc2)c2ccccc2)cc1Cl. The first-order chi connectivity index (χ1) is 17.4. The number of carbonyl (C=O) groups is 2. The number of benzene rings is 4. The van der Waals surface area contributed by atoms with E-state index < -0.39 is 5.25 Å². The zero-order valence-electron chi connectivity index (χ0n) is 19.8. The summed E-state index contributed by atoms with van der Waals surface area (Å²) in [5.41, 5.74) is 3.69. The van der Waals surface area contributed by atoms with Crippen LogP contribution in [0.1, 0.15) is 26.7 Å². The average Bonchev–Trinajstić information content (AvgIpc) is 2.89. The molecule has 0 aliphatic carbocycles. The zero-order valence-corrected chi connectivity index (χ0v) is 21.4. The third-order valence-electron chi connectivity index (χ3n) is 5.52. The first-order valence-electron chi connectivity index (χ1n) is 11.3. The van der Waals surface area contributed by atoms with E-state index in [1.165, 1.54) is 11.8 Å². The Bertz CT molecular complexity index is 1360. The lowest BCUT2D eigenvalue weighted by Crippen LogP contribution is -2.19. The number of thioether (sulfide) groups is 1. The number of ether oxygens (including phenoxy) is 1. The van der Waals surface area contributed by atoms with Crippen LogP contribution < -0.4 is 15.4 Å². The number of anilines is 2. The van der Waals surface area contributed by atoms with Gasteiger partial charge in [0.15, 0.2) is 0 Å². The summed E-state index contributed by atoms with van der Waals surface area (Å²) in [5, 5.41) is 5.81. The van der Waals surface area contributed by atoms with Crippen molar-refractivity contribution in [2.45, 2.75) is 17.1 Å². The molecule has 1 atom stereocenters. The number of hydrogen-bond acceptors (Lipinski definition) is 4. The monoisotopic (exact) mass is 516 g/mol. The van der Waals surface area contributed by atoms with Gasteiger partial charge >= 0.3 is 0 Å². The van der Waals surface area contributed by atoms with Gasteiger partial charge in [-0.05, 0) is 66.6 Å². The van der Waals surface area contributed by atoms with Crippen molar-refractivity contribution < 1.29 is 14.3 Å². The summed E-state index contributed by atoms with van der Waals surface area (Å²) in [6.07, 6.45) is 0. The summed E-state index contributed by atoms with van der Waals surface area (Å²) >= 11 is 7.65. The van der Waals surface area contributed by atoms with Gasteiger partial charge in [-0.3, -0.25) is 9.59 Å². The van der Waals surface area contributed by atoms with Crippen LogP contribution in [-0.4, -0.2) is 18.9 Å². The van der Waals surface area contributed by atoms with Gasteiger partial charge in [-0.25, -0.2) is 0 Å². The maximum Gasteiger partial charge on any atom is 0.255 e. The van der Waals surface area contributed by atoms with Crippen LogP contribution in [0.25, 0.3) is 0 Å². The van der Waals surface area contributed by atoms with Gasteiger partial charge in [0.2, 0.25) is 5.91 Å². The minimum Gasteiger partial charge on any atom is -0.495 e. The van der Waals surface area contributed by atoms with E-state index in [4.69, 9.17) is 16.3 Å². The molecule has 2 N–H and O–H groups in total. The number of halogens is 1. The Morgan fingerprint density at radius 2 is 1.50 bits per heavy atom. The molecule has 36 heavy (non-hydrogen) atoms. The molecule has 2 amide bonds. The highest BCUT2D eigenvalue weighted by Gasteiger charge is 2.22. The second kappa shape index (κ2) is 11.8. The van der Waals surface area contributed by atoms with Gasteiger partial charge in [-0.2, -0.15) is 0 Å². The van der Waals surface area contributed by atoms with Crippen molar-refractivity contribution >= 4 is 46.6 Å². The molecule has 0 fully saturated rings. The Balaban J connectivity index is 1.50. The molecule has 0 heterocycles. The molecule has 7 heteroatoms. The summed E-state index contributed by atoms with van der Waals surface area (Å²) in [6, 6.07) is 29.6. The Kier molecular flexibility index (Phi) is 8.31. The zero-order chi connectivity index (χ0) is 25.5. The fraction of sp³-hybridized carbons (Fsp3) is 0.103. The fourth-order valence-electron chi connectivity index (χ4n) is 3.63. The standard InChI is InChI=1S/C29H25ClN2O3S/c1-19-8-6-7-11-24(19)28(33)31-21-12-15-23(16-13-21)36-27(20-9-4-3-5-10-20)29(34)32-22-14-17-26(35-2)25(30)18-22/h3-18,27H,1-2H3,(H,31,33)(H,32,34). The number of methoxy groups -OCH3 is 1. The Morgan fingerprint density at radius 3 is 2.17 bits per heavy atom. The molecule has 182 valence electrons. The van der Waals surface area contributed by atoms with Gasteiger partial charge in [-0.15, -0.1) is 11.8 Å². The molecule has 0 aromatic heterocycles. The van der Waals surface area contributed by atoms with Crippen LogP contribution in [0, 0.1) is 6.92 Å². The fourth-order valence-corrected chi connectivity index (χ4v) is 4.91. The highest BCUT2D eigenvalue weighted by Crippen LogP contribution is 2.37. The van der Waals surface area contributed by atoms with Gasteiger partial charge in [0, 0.05) is 21.8 Å². The average molecular weight is 517 g/mol. The molecular formula is C29H25ClN2O3S. The molecule has 0 bridgehead atoms. The van der Waals surface area contributed by atoms with Crippen molar-refractivity contribution in [3.63, 3.8) is 0 Å². The number of rotatable bonds is 8. The molecule has 0 spiro atoms. The maximum atomic E-state index is 13.3. The van der Waals surface area contributed by atoms with E-state index in [1.54, 1.807) is 31.4 Å². The summed E-state index contributed by atoms with van der Waals surface area (Å²) < 4.78 is 5.19. The summed E-state index contributed by atoms with van der Waals surface area (Å²) in [7, 11) is 1.54. The molecule has 4 aromatic carbocycles. The Hall–Kier alpha value is -3.74. The van der Waals surface area contributed by atoms with Crippen LogP contribution in [0.3, 0.4) is 0 Å². The number of amides is 2. The maximum absolute atomic E-state index is 13.3. The topological polar surface area (TPSA) is 67.4 Å². The van der Waals surface area contributed by atoms with Gasteiger partial charge in [0.25, 0.3) is 5.91 Å². The molecule has 0 saturated heterocycles. The van der Waals surface area contributed by atoms with Crippen LogP contribution in [0.4, 0.5) is 11.4 Å². The molecule has 0 saturated carbocycles. The smallest absolute Gasteiger partial charge is 0.255 e. The van der Waals surface area contributed by atoms with E-state index in [-0.39, 0.29) is 11.8 Å². The molecule has 4 rings (SSSR count). The van der Waals surface area contributed by atoms with Crippen molar-refractivity contribution in [2.75, 3.05) is 17.7 Å². The normalized spacial score (nSPS) is 11.4. The second-order valence-corrected chi connectivity index (χ2v) is 9.63. The number of aryl methyl sites for hydroxylation is 1. The van der Waals surface area contributed by atoms with Crippen LogP contribution in [0.5, 0.6) is 5.75 Å². The largest absolute Gasteiger partial charge is 0.495 e. The quantitative estimate of drug-likeness (QED) is 0.240. The first kappa shape index (κ1) is 25.4. The van der Waals surface area contributed by atoms with E-state index in [2.05, 4.69) is 10.6 Å². The Morgan fingerprint density at radius 1 is 0.833 bits per heavy atom. The third kappa shape index (κ3) is 6.27. The highest BCUT2D eigenvalue weighted by molar-refractivity contribution is 8.00. The lowest BCUT2D eigenvalue weighted by molar-refractivity contribution is -0.115. The predicted molar refractivity (Wildman–Crippen MR) is 147 cm³/mol. The Labute approximate surface area is 219 Å². The lowest BCUT2D eigenvalue weighted by atomic mass is 10.1. The van der Waals surface area contributed by atoms with Crippen LogP contribution in [-0.2, 0) is 4.79 Å². The molecule has 5 nitrogen and oxygen atoms in total. The summed E-state index contributed by atoms with van der Waals surface area (Å²) in [6.45, 7) is 1.91. The van der Waals surface area contributed by atoms with Gasteiger partial charge in [0.05, 0.1) is 12.1 Å². The molecule has 0 aliphatic heterocycles. The van der Waals surface area contributed by atoms with Crippen molar-refractivity contribution in [3.05, 3.63) is 119 Å². The molecule has 4 aromatic rings. The van der Waals surface area contributed by atoms with Crippen molar-refractivity contribution in [1.82, 2.24) is 0 Å². The highest BCUT2D eigenvalue weighted by atomic mass is 35.5. The van der Waals surface area contributed by atoms with Crippen LogP contribution in [0.15, 0.2) is 102 Å². The molecular weight excluding hydrogens is 492 g/mol. The van der Waals surface area contributed by atoms with Crippen LogP contribution >= 0.6 is 23.4 Å². The first-order valence-corrected chi connectivity index (χ1v) is 12.5. The molecule has 0 aliphatic rings. The van der Waals surface area contributed by atoms with Gasteiger partial charge < -0.3 is 15.4 Å². The van der Waals surface area contributed by atoms with Crippen LogP contribution in [0.2, 0.25) is 5.02 Å². The predicted octanol–water partition coefficient (Wildman–Crippen LogP) is 7.38. The van der Waals surface area contributed by atoms with Gasteiger partial charge in [-0.1, -0.05) is 60.1 Å². The van der Waals surface area contributed by atoms with Crippen molar-refractivity contribution in [2.24, 2.45) is 0 Å². The summed E-state index contributed by atoms with van der Waals surface area (Å²) in [4.78, 5) is 26.8. The van der Waals surface area contributed by atoms with E-state index in [0.717, 1.165) is 16.0 Å². The number of nitrogens with one attached hydrogen (secondary N) is 2. The van der Waals surface area contributed by atoms with Crippen molar-refractivity contribution in [1.29, 1.82) is 0 Å². The second-order valence-electron chi connectivity index (χ2n) is 8.04. The van der Waals surface area contributed by atoms with E-state index >= 15 is 0 Å². The third-order valence-corrected chi connectivity index (χ3v) is 7.08. The lowest BCUT2D eigenvalue weighted by Gasteiger charge is -2.18. The van der Waals surface area contributed by atoms with E-state index in [0.29, 0.717) is 27.7 Å². The number of hydrogen-bond donors (Lipinski definition) is 2. The number of carbonyl (C=O) groups excluding carboxylic acids is 2.